The number of aromatic amines is 1. The van der Waals surface area contributed by atoms with E-state index in [9.17, 15) is 9.59 Å². The van der Waals surface area contributed by atoms with Crippen LogP contribution >= 0.6 is 15.9 Å². The molecule has 0 radical (unpaired) electrons. The van der Waals surface area contributed by atoms with Gasteiger partial charge in [-0.05, 0) is 44.6 Å². The number of H-pyrrole nitrogens is 1. The molecular formula is C13H10BrN7O2. The van der Waals surface area contributed by atoms with E-state index in [2.05, 4.69) is 47.3 Å². The van der Waals surface area contributed by atoms with Crippen molar-refractivity contribution in [3.8, 4) is 5.69 Å². The number of aromatic nitrogens is 5. The summed E-state index contributed by atoms with van der Waals surface area (Å²) in [6, 6.07) is 8.34. The number of amides is 2. The largest absolute Gasteiger partial charge is 0.356 e. The van der Waals surface area contributed by atoms with Crippen molar-refractivity contribution >= 4 is 27.7 Å². The molecule has 0 unspecified atom stereocenters. The van der Waals surface area contributed by atoms with Gasteiger partial charge in [-0.25, -0.2) is 0 Å². The molecule has 10 heteroatoms. The van der Waals surface area contributed by atoms with E-state index in [1.165, 1.54) is 11.0 Å². The predicted molar refractivity (Wildman–Crippen MR) is 82.6 cm³/mol. The standard InChI is InChI=1S/C13H10BrN7O2/c14-8-5-10(15-6-8)13(23)18-17-12(22)9-3-1-2-4-11(9)21-7-16-19-20-21/h1-7,15H,(H,17,22)(H,18,23). The third-order valence-electron chi connectivity index (χ3n) is 2.93. The third kappa shape index (κ3) is 3.26. The van der Waals surface area contributed by atoms with Crippen molar-refractivity contribution < 1.29 is 9.59 Å². The lowest BCUT2D eigenvalue weighted by Gasteiger charge is -2.09. The number of carbonyl (C=O) groups is 2. The molecule has 0 bridgehead atoms. The second-order valence-corrected chi connectivity index (χ2v) is 5.33. The SMILES string of the molecule is O=C(NNC(=O)c1ccccc1-n1cnnn1)c1cc(Br)c[nH]1. The van der Waals surface area contributed by atoms with Gasteiger partial charge in [0.1, 0.15) is 12.0 Å². The highest BCUT2D eigenvalue weighted by Crippen LogP contribution is 2.12. The fraction of sp³-hybridized carbons (Fsp3) is 0. The van der Waals surface area contributed by atoms with Crippen molar-refractivity contribution in [2.45, 2.75) is 0 Å². The van der Waals surface area contributed by atoms with Gasteiger partial charge in [0.2, 0.25) is 0 Å². The summed E-state index contributed by atoms with van der Waals surface area (Å²) in [7, 11) is 0. The van der Waals surface area contributed by atoms with Crippen LogP contribution in [0.2, 0.25) is 0 Å². The van der Waals surface area contributed by atoms with Crippen LogP contribution in [-0.2, 0) is 0 Å². The fourth-order valence-corrected chi connectivity index (χ4v) is 2.23. The van der Waals surface area contributed by atoms with Gasteiger partial charge in [0.15, 0.2) is 0 Å². The zero-order valence-corrected chi connectivity index (χ0v) is 13.1. The first-order valence-electron chi connectivity index (χ1n) is 6.42. The van der Waals surface area contributed by atoms with Gasteiger partial charge in [0.25, 0.3) is 11.8 Å². The highest BCUT2D eigenvalue weighted by Gasteiger charge is 2.15. The topological polar surface area (TPSA) is 118 Å². The smallest absolute Gasteiger partial charge is 0.286 e. The number of nitrogens with zero attached hydrogens (tertiary/aromatic N) is 4. The second kappa shape index (κ2) is 6.40. The number of benzene rings is 1. The molecule has 0 spiro atoms. The first-order chi connectivity index (χ1) is 11.1. The fourth-order valence-electron chi connectivity index (χ4n) is 1.88. The number of hydrogen-bond acceptors (Lipinski definition) is 5. The molecule has 2 aromatic heterocycles. The molecule has 0 aliphatic rings. The average molecular weight is 376 g/mol. The molecule has 1 aromatic carbocycles. The van der Waals surface area contributed by atoms with E-state index in [-0.39, 0.29) is 0 Å². The summed E-state index contributed by atoms with van der Waals surface area (Å²) < 4.78 is 2.09. The minimum Gasteiger partial charge on any atom is -0.356 e. The van der Waals surface area contributed by atoms with Crippen molar-refractivity contribution in [3.05, 3.63) is 58.6 Å². The molecule has 0 saturated carbocycles. The molecule has 2 heterocycles. The van der Waals surface area contributed by atoms with Crippen LogP contribution in [0, 0.1) is 0 Å². The molecule has 23 heavy (non-hydrogen) atoms. The van der Waals surface area contributed by atoms with E-state index in [1.807, 2.05) is 0 Å². The molecule has 3 N–H and O–H groups in total. The van der Waals surface area contributed by atoms with Crippen LogP contribution in [-0.4, -0.2) is 37.0 Å². The molecular weight excluding hydrogens is 366 g/mol. The zero-order valence-electron chi connectivity index (χ0n) is 11.5. The lowest BCUT2D eigenvalue weighted by atomic mass is 10.1. The van der Waals surface area contributed by atoms with Gasteiger partial charge in [-0.3, -0.25) is 20.4 Å². The summed E-state index contributed by atoms with van der Waals surface area (Å²) in [5.74, 6) is -0.959. The first kappa shape index (κ1) is 14.9. The number of para-hydroxylation sites is 1. The minimum absolute atomic E-state index is 0.311. The Morgan fingerprint density at radius 3 is 2.65 bits per heavy atom. The van der Waals surface area contributed by atoms with E-state index in [4.69, 9.17) is 0 Å². The van der Waals surface area contributed by atoms with Crippen LogP contribution in [0.25, 0.3) is 5.69 Å². The Morgan fingerprint density at radius 2 is 1.96 bits per heavy atom. The number of tetrazole rings is 1. The van der Waals surface area contributed by atoms with Crippen molar-refractivity contribution in [1.29, 1.82) is 0 Å². The Hall–Kier alpha value is -3.01. The summed E-state index contributed by atoms with van der Waals surface area (Å²) in [5, 5.41) is 10.8. The maximum absolute atomic E-state index is 12.3. The van der Waals surface area contributed by atoms with E-state index in [0.717, 1.165) is 4.47 Å². The molecule has 9 nitrogen and oxygen atoms in total. The summed E-state index contributed by atoms with van der Waals surface area (Å²) in [6.45, 7) is 0. The quantitative estimate of drug-likeness (QED) is 0.586. The highest BCUT2D eigenvalue weighted by atomic mass is 79.9. The third-order valence-corrected chi connectivity index (χ3v) is 3.38. The lowest BCUT2D eigenvalue weighted by Crippen LogP contribution is -2.42. The van der Waals surface area contributed by atoms with E-state index >= 15 is 0 Å². The number of hydrogen-bond donors (Lipinski definition) is 3. The Labute approximate surface area is 138 Å². The second-order valence-electron chi connectivity index (χ2n) is 4.41. The Morgan fingerprint density at radius 1 is 1.17 bits per heavy atom. The summed E-state index contributed by atoms with van der Waals surface area (Å²) in [5.41, 5.74) is 5.80. The van der Waals surface area contributed by atoms with Crippen molar-refractivity contribution in [1.82, 2.24) is 36.0 Å². The number of nitrogens with one attached hydrogen (secondary N) is 3. The Kier molecular flexibility index (Phi) is 4.15. The Balaban J connectivity index is 1.73. The summed E-state index contributed by atoms with van der Waals surface area (Å²) in [6.07, 6.45) is 2.99. The average Bonchev–Trinajstić information content (AvgIpc) is 3.24. The van der Waals surface area contributed by atoms with Crippen molar-refractivity contribution in [2.24, 2.45) is 0 Å². The van der Waals surface area contributed by atoms with Crippen molar-refractivity contribution in [3.63, 3.8) is 0 Å². The van der Waals surface area contributed by atoms with Gasteiger partial charge in [-0.1, -0.05) is 12.1 Å². The molecule has 0 fully saturated rings. The van der Waals surface area contributed by atoms with Gasteiger partial charge < -0.3 is 4.98 Å². The van der Waals surface area contributed by atoms with Crippen LogP contribution in [0.5, 0.6) is 0 Å². The number of hydrazine groups is 1. The molecule has 0 aliphatic heterocycles. The van der Waals surface area contributed by atoms with Gasteiger partial charge >= 0.3 is 0 Å². The predicted octanol–water partition coefficient (Wildman–Crippen LogP) is 0.828. The van der Waals surface area contributed by atoms with E-state index in [0.29, 0.717) is 16.9 Å². The maximum atomic E-state index is 12.3. The highest BCUT2D eigenvalue weighted by molar-refractivity contribution is 9.10. The summed E-state index contributed by atoms with van der Waals surface area (Å²) in [4.78, 5) is 26.9. The lowest BCUT2D eigenvalue weighted by molar-refractivity contribution is 0.0844. The number of halogens is 1. The molecule has 116 valence electrons. The van der Waals surface area contributed by atoms with Gasteiger partial charge in [-0.15, -0.1) is 5.10 Å². The molecule has 0 aliphatic carbocycles. The van der Waals surface area contributed by atoms with Crippen LogP contribution in [0.3, 0.4) is 0 Å². The monoisotopic (exact) mass is 375 g/mol. The van der Waals surface area contributed by atoms with Gasteiger partial charge in [0.05, 0.1) is 11.3 Å². The first-order valence-corrected chi connectivity index (χ1v) is 7.21. The molecule has 3 aromatic rings. The van der Waals surface area contributed by atoms with Crippen LogP contribution in [0.4, 0.5) is 0 Å². The zero-order chi connectivity index (χ0) is 16.2. The molecule has 3 rings (SSSR count). The van der Waals surface area contributed by atoms with Crippen LogP contribution in [0.1, 0.15) is 20.8 Å². The number of rotatable bonds is 3. The molecule has 0 atom stereocenters. The number of carbonyl (C=O) groups excluding carboxylic acids is 2. The Bertz CT molecular complexity index is 844. The van der Waals surface area contributed by atoms with E-state index < -0.39 is 11.8 Å². The minimum atomic E-state index is -0.491. The van der Waals surface area contributed by atoms with Crippen LogP contribution in [0.15, 0.2) is 47.3 Å². The summed E-state index contributed by atoms with van der Waals surface area (Å²) >= 11 is 3.23. The van der Waals surface area contributed by atoms with E-state index in [1.54, 1.807) is 36.5 Å². The molecule has 0 saturated heterocycles. The van der Waals surface area contributed by atoms with Gasteiger partial charge in [-0.2, -0.15) is 4.68 Å². The van der Waals surface area contributed by atoms with Crippen molar-refractivity contribution in [2.75, 3.05) is 0 Å². The molecule has 2 amide bonds. The maximum Gasteiger partial charge on any atom is 0.286 e. The van der Waals surface area contributed by atoms with Crippen LogP contribution < -0.4 is 10.9 Å². The van der Waals surface area contributed by atoms with Gasteiger partial charge in [0, 0.05) is 10.7 Å². The normalized spacial score (nSPS) is 10.3.